The van der Waals surface area contributed by atoms with E-state index in [9.17, 15) is 14.0 Å². The molecule has 0 aliphatic carbocycles. The van der Waals surface area contributed by atoms with Crippen molar-refractivity contribution in [2.75, 3.05) is 17.2 Å². The minimum absolute atomic E-state index is 0.0853. The van der Waals surface area contributed by atoms with Crippen molar-refractivity contribution in [2.24, 2.45) is 0 Å². The first-order chi connectivity index (χ1) is 16.9. The lowest BCUT2D eigenvalue weighted by Crippen LogP contribution is -2.40. The minimum Gasteiger partial charge on any atom is -0.489 e. The first-order valence-electron chi connectivity index (χ1n) is 11.0. The number of rotatable bonds is 8. The van der Waals surface area contributed by atoms with Crippen LogP contribution in [0.15, 0.2) is 53.8 Å². The van der Waals surface area contributed by atoms with Gasteiger partial charge in [-0.25, -0.2) is 19.2 Å². The van der Waals surface area contributed by atoms with Gasteiger partial charge in [0.05, 0.1) is 22.9 Å². The number of halogens is 2. The molecule has 0 aliphatic rings. The first kappa shape index (κ1) is 26.9. The summed E-state index contributed by atoms with van der Waals surface area (Å²) in [6.07, 6.45) is 1.89. The van der Waals surface area contributed by atoms with Crippen molar-refractivity contribution < 1.29 is 23.5 Å². The maximum absolute atomic E-state index is 14.4. The van der Waals surface area contributed by atoms with Gasteiger partial charge in [-0.05, 0) is 58.0 Å². The van der Waals surface area contributed by atoms with Crippen LogP contribution in [0, 0.1) is 5.82 Å². The maximum atomic E-state index is 14.4. The molecule has 11 heteroatoms. The van der Waals surface area contributed by atoms with Crippen LogP contribution >= 0.6 is 15.9 Å². The van der Waals surface area contributed by atoms with Crippen molar-refractivity contribution in [3.8, 4) is 5.75 Å². The smallest absolute Gasteiger partial charge is 0.407 e. The van der Waals surface area contributed by atoms with Gasteiger partial charge in [-0.3, -0.25) is 4.79 Å². The van der Waals surface area contributed by atoms with Crippen LogP contribution < -0.4 is 20.7 Å². The number of nitrogens with zero attached hydrogens (tertiary/aromatic N) is 2. The van der Waals surface area contributed by atoms with Crippen LogP contribution in [0.2, 0.25) is 0 Å². The van der Waals surface area contributed by atoms with Crippen molar-refractivity contribution in [2.45, 2.75) is 39.3 Å². The molecule has 0 bridgehead atoms. The number of alkyl carbamates (subject to hydrolysis) is 1. The normalized spacial score (nSPS) is 11.9. The SMILES string of the molecule is C=CC(=O)Nc1cc2c(Nc3ccc(Br)cc3F)ncnc2cc1OCC(C)NC(=O)OC(C)(C)C. The van der Waals surface area contributed by atoms with E-state index in [1.807, 2.05) is 0 Å². The molecule has 2 aromatic carbocycles. The van der Waals surface area contributed by atoms with Crippen molar-refractivity contribution in [3.05, 3.63) is 59.6 Å². The predicted molar refractivity (Wildman–Crippen MR) is 140 cm³/mol. The molecule has 0 saturated heterocycles. The van der Waals surface area contributed by atoms with Gasteiger partial charge in [0.1, 0.15) is 35.9 Å². The average Bonchev–Trinajstić information content (AvgIpc) is 2.78. The summed E-state index contributed by atoms with van der Waals surface area (Å²) in [6.45, 7) is 10.6. The third-order valence-electron chi connectivity index (χ3n) is 4.62. The summed E-state index contributed by atoms with van der Waals surface area (Å²) in [4.78, 5) is 32.6. The molecule has 0 aliphatic heterocycles. The number of fused-ring (bicyclic) bond motifs is 1. The van der Waals surface area contributed by atoms with Crippen LogP contribution in [0.25, 0.3) is 10.9 Å². The molecular formula is C25H27BrFN5O4. The van der Waals surface area contributed by atoms with E-state index >= 15 is 0 Å². The van der Waals surface area contributed by atoms with Crippen molar-refractivity contribution >= 4 is 56.0 Å². The Balaban J connectivity index is 1.88. The van der Waals surface area contributed by atoms with Gasteiger partial charge in [0.2, 0.25) is 5.91 Å². The van der Waals surface area contributed by atoms with Crippen LogP contribution in [0.3, 0.4) is 0 Å². The van der Waals surface area contributed by atoms with E-state index in [2.05, 4.69) is 48.4 Å². The average molecular weight is 560 g/mol. The summed E-state index contributed by atoms with van der Waals surface area (Å²) in [5, 5.41) is 8.88. The predicted octanol–water partition coefficient (Wildman–Crippen LogP) is 5.69. The Kier molecular flexibility index (Phi) is 8.46. The van der Waals surface area contributed by atoms with Crippen molar-refractivity contribution in [1.82, 2.24) is 15.3 Å². The zero-order valence-electron chi connectivity index (χ0n) is 20.3. The van der Waals surface area contributed by atoms with Gasteiger partial charge in [-0.1, -0.05) is 22.5 Å². The second-order valence-electron chi connectivity index (χ2n) is 8.89. The van der Waals surface area contributed by atoms with Gasteiger partial charge in [0.25, 0.3) is 0 Å². The Labute approximate surface area is 216 Å². The van der Waals surface area contributed by atoms with E-state index in [-0.39, 0.29) is 12.3 Å². The summed E-state index contributed by atoms with van der Waals surface area (Å²) < 4.78 is 26.2. The lowest BCUT2D eigenvalue weighted by Gasteiger charge is -2.22. The van der Waals surface area contributed by atoms with Crippen molar-refractivity contribution in [1.29, 1.82) is 0 Å². The van der Waals surface area contributed by atoms with Crippen LogP contribution in [0.5, 0.6) is 5.75 Å². The monoisotopic (exact) mass is 559 g/mol. The van der Waals surface area contributed by atoms with Gasteiger partial charge >= 0.3 is 6.09 Å². The van der Waals surface area contributed by atoms with Gasteiger partial charge in [-0.15, -0.1) is 0 Å². The van der Waals surface area contributed by atoms with Crippen LogP contribution in [-0.2, 0) is 9.53 Å². The second kappa shape index (κ2) is 11.3. The molecule has 0 spiro atoms. The number of carbonyl (C=O) groups is 2. The summed E-state index contributed by atoms with van der Waals surface area (Å²) in [6, 6.07) is 7.45. The van der Waals surface area contributed by atoms with Crippen LogP contribution in [0.1, 0.15) is 27.7 Å². The molecule has 1 unspecified atom stereocenters. The minimum atomic E-state index is -0.629. The van der Waals surface area contributed by atoms with E-state index in [1.165, 1.54) is 12.4 Å². The molecule has 0 saturated carbocycles. The largest absolute Gasteiger partial charge is 0.489 e. The number of benzene rings is 2. The molecule has 3 aromatic rings. The maximum Gasteiger partial charge on any atom is 0.407 e. The molecule has 1 aromatic heterocycles. The summed E-state index contributed by atoms with van der Waals surface area (Å²) in [5.74, 6) is -0.274. The Morgan fingerprint density at radius 3 is 2.61 bits per heavy atom. The van der Waals surface area contributed by atoms with Crippen LogP contribution in [0.4, 0.5) is 26.4 Å². The van der Waals surface area contributed by atoms with Gasteiger partial charge in [0.15, 0.2) is 0 Å². The quantitative estimate of drug-likeness (QED) is 0.303. The van der Waals surface area contributed by atoms with E-state index in [0.717, 1.165) is 6.08 Å². The lowest BCUT2D eigenvalue weighted by molar-refractivity contribution is -0.111. The second-order valence-corrected chi connectivity index (χ2v) is 9.80. The molecule has 9 nitrogen and oxygen atoms in total. The van der Waals surface area contributed by atoms with Gasteiger partial charge in [-0.2, -0.15) is 0 Å². The van der Waals surface area contributed by atoms with E-state index in [1.54, 1.807) is 52.0 Å². The summed E-state index contributed by atoms with van der Waals surface area (Å²) in [5.41, 5.74) is 0.406. The van der Waals surface area contributed by atoms with Crippen molar-refractivity contribution in [3.63, 3.8) is 0 Å². The molecular weight excluding hydrogens is 533 g/mol. The molecule has 2 amide bonds. The Morgan fingerprint density at radius 1 is 1.19 bits per heavy atom. The molecule has 1 heterocycles. The number of hydrogen-bond acceptors (Lipinski definition) is 7. The van der Waals surface area contributed by atoms with E-state index in [0.29, 0.717) is 32.6 Å². The number of anilines is 3. The number of ether oxygens (including phenoxy) is 2. The highest BCUT2D eigenvalue weighted by atomic mass is 79.9. The molecule has 0 radical (unpaired) electrons. The third kappa shape index (κ3) is 7.38. The fraction of sp³-hybridized carbons (Fsp3) is 0.280. The topological polar surface area (TPSA) is 114 Å². The number of aromatic nitrogens is 2. The number of hydrogen-bond donors (Lipinski definition) is 3. The molecule has 3 N–H and O–H groups in total. The highest BCUT2D eigenvalue weighted by Crippen LogP contribution is 2.34. The summed E-state index contributed by atoms with van der Waals surface area (Å²) >= 11 is 3.23. The Hall–Kier alpha value is -3.73. The Bertz CT molecular complexity index is 1300. The fourth-order valence-electron chi connectivity index (χ4n) is 3.07. The van der Waals surface area contributed by atoms with Crippen LogP contribution in [-0.4, -0.2) is 40.2 Å². The van der Waals surface area contributed by atoms with E-state index in [4.69, 9.17) is 9.47 Å². The third-order valence-corrected chi connectivity index (χ3v) is 5.11. The Morgan fingerprint density at radius 2 is 1.94 bits per heavy atom. The molecule has 0 fully saturated rings. The van der Waals surface area contributed by atoms with Gasteiger partial charge in [0, 0.05) is 15.9 Å². The highest BCUT2D eigenvalue weighted by Gasteiger charge is 2.19. The molecule has 3 rings (SSSR count). The first-order valence-corrected chi connectivity index (χ1v) is 11.8. The highest BCUT2D eigenvalue weighted by molar-refractivity contribution is 9.10. The zero-order chi connectivity index (χ0) is 26.5. The number of carbonyl (C=O) groups excluding carboxylic acids is 2. The number of nitrogens with one attached hydrogen (secondary N) is 3. The number of amides is 2. The van der Waals surface area contributed by atoms with Gasteiger partial charge < -0.3 is 25.4 Å². The van der Waals surface area contributed by atoms with E-state index < -0.39 is 29.5 Å². The standard InChI is InChI=1S/C25H27BrFN5O4/c1-6-22(33)31-20-10-16-19(11-21(20)35-12-14(2)30-24(34)36-25(3,4)5)28-13-29-23(16)32-18-8-7-15(26)9-17(18)27/h6-11,13-14H,1,12H2,2-5H3,(H,30,34)(H,31,33)(H,28,29,32). The molecule has 190 valence electrons. The fourth-order valence-corrected chi connectivity index (χ4v) is 3.40. The lowest BCUT2D eigenvalue weighted by atomic mass is 10.1. The summed E-state index contributed by atoms with van der Waals surface area (Å²) in [7, 11) is 0. The molecule has 36 heavy (non-hydrogen) atoms. The molecule has 1 atom stereocenters. The zero-order valence-corrected chi connectivity index (χ0v) is 21.9.